The monoisotopic (exact) mass is 424 g/mol. The topological polar surface area (TPSA) is 59.9 Å². The van der Waals surface area contributed by atoms with E-state index in [1.165, 1.54) is 6.21 Å². The van der Waals surface area contributed by atoms with E-state index in [1.54, 1.807) is 24.3 Å². The Kier molecular flexibility index (Phi) is 7.76. The molecule has 0 saturated carbocycles. The van der Waals surface area contributed by atoms with Crippen molar-refractivity contribution in [1.82, 2.24) is 5.43 Å². The zero-order chi connectivity index (χ0) is 18.1. The van der Waals surface area contributed by atoms with Crippen LogP contribution in [-0.4, -0.2) is 25.3 Å². The van der Waals surface area contributed by atoms with Gasteiger partial charge in [-0.25, -0.2) is 5.43 Å². The van der Waals surface area contributed by atoms with Crippen molar-refractivity contribution in [3.05, 3.63) is 57.5 Å². The van der Waals surface area contributed by atoms with Gasteiger partial charge in [-0.1, -0.05) is 46.6 Å². The van der Waals surface area contributed by atoms with Crippen molar-refractivity contribution in [2.75, 3.05) is 13.2 Å². The number of halogens is 2. The van der Waals surface area contributed by atoms with Gasteiger partial charge in [0.15, 0.2) is 6.61 Å². The van der Waals surface area contributed by atoms with Crippen LogP contribution in [0, 0.1) is 0 Å². The Hall–Kier alpha value is -2.05. The Labute approximate surface area is 160 Å². The van der Waals surface area contributed by atoms with E-state index in [-0.39, 0.29) is 12.5 Å². The molecule has 2 aromatic rings. The first-order chi connectivity index (χ1) is 12.1. The number of benzene rings is 2. The average molecular weight is 426 g/mol. The quantitative estimate of drug-likeness (QED) is 0.503. The number of carbonyl (C=O) groups excluding carboxylic acids is 1. The highest BCUT2D eigenvalue weighted by molar-refractivity contribution is 9.10. The van der Waals surface area contributed by atoms with Crippen molar-refractivity contribution in [2.45, 2.75) is 13.3 Å². The molecule has 0 aromatic heterocycles. The Bertz CT molecular complexity index is 753. The molecule has 1 amide bonds. The van der Waals surface area contributed by atoms with Crippen LogP contribution in [-0.2, 0) is 4.79 Å². The van der Waals surface area contributed by atoms with Crippen LogP contribution in [0.1, 0.15) is 18.9 Å². The van der Waals surface area contributed by atoms with E-state index < -0.39 is 0 Å². The molecule has 0 aliphatic rings. The molecule has 25 heavy (non-hydrogen) atoms. The Morgan fingerprint density at radius 1 is 1.24 bits per heavy atom. The molecule has 2 rings (SSSR count). The lowest BCUT2D eigenvalue weighted by Gasteiger charge is -2.08. The minimum Gasteiger partial charge on any atom is -0.493 e. The van der Waals surface area contributed by atoms with Crippen molar-refractivity contribution >= 4 is 39.7 Å². The van der Waals surface area contributed by atoms with Crippen LogP contribution in [0.3, 0.4) is 0 Å². The first-order valence-electron chi connectivity index (χ1n) is 7.71. The SMILES string of the molecule is CCCOc1ccc(Br)cc1/C=N\NC(=O)COc1ccccc1Cl. The van der Waals surface area contributed by atoms with E-state index in [0.717, 1.165) is 16.5 Å². The summed E-state index contributed by atoms with van der Waals surface area (Å²) in [5.41, 5.74) is 3.17. The molecule has 0 spiro atoms. The van der Waals surface area contributed by atoms with Crippen molar-refractivity contribution in [2.24, 2.45) is 5.10 Å². The molecule has 5 nitrogen and oxygen atoms in total. The lowest BCUT2D eigenvalue weighted by atomic mass is 10.2. The van der Waals surface area contributed by atoms with Gasteiger partial charge in [0.1, 0.15) is 11.5 Å². The molecule has 0 bridgehead atoms. The lowest BCUT2D eigenvalue weighted by Crippen LogP contribution is -2.24. The fraction of sp³-hybridized carbons (Fsp3) is 0.222. The van der Waals surface area contributed by atoms with Gasteiger partial charge in [-0.3, -0.25) is 4.79 Å². The summed E-state index contributed by atoms with van der Waals surface area (Å²) in [6.45, 7) is 2.46. The summed E-state index contributed by atoms with van der Waals surface area (Å²) in [7, 11) is 0. The van der Waals surface area contributed by atoms with Crippen LogP contribution in [0.5, 0.6) is 11.5 Å². The third-order valence-corrected chi connectivity index (χ3v) is 3.83. The maximum Gasteiger partial charge on any atom is 0.277 e. The van der Waals surface area contributed by atoms with E-state index >= 15 is 0 Å². The van der Waals surface area contributed by atoms with Gasteiger partial charge < -0.3 is 9.47 Å². The summed E-state index contributed by atoms with van der Waals surface area (Å²) in [4.78, 5) is 11.8. The molecule has 0 fully saturated rings. The molecule has 0 aliphatic heterocycles. The van der Waals surface area contributed by atoms with Crippen molar-refractivity contribution < 1.29 is 14.3 Å². The van der Waals surface area contributed by atoms with Gasteiger partial charge in [0.05, 0.1) is 17.8 Å². The molecule has 0 unspecified atom stereocenters. The van der Waals surface area contributed by atoms with E-state index in [2.05, 4.69) is 26.5 Å². The van der Waals surface area contributed by atoms with Crippen LogP contribution in [0.15, 0.2) is 52.0 Å². The molecule has 132 valence electrons. The van der Waals surface area contributed by atoms with Crippen molar-refractivity contribution in [1.29, 1.82) is 0 Å². The third kappa shape index (κ3) is 6.40. The second-order valence-electron chi connectivity index (χ2n) is 5.04. The smallest absolute Gasteiger partial charge is 0.277 e. The number of carbonyl (C=O) groups is 1. The number of nitrogens with zero attached hydrogens (tertiary/aromatic N) is 1. The normalized spacial score (nSPS) is 10.7. The Balaban J connectivity index is 1.90. The summed E-state index contributed by atoms with van der Waals surface area (Å²) in [6.07, 6.45) is 2.44. The molecule has 0 radical (unpaired) electrons. The van der Waals surface area contributed by atoms with Gasteiger partial charge >= 0.3 is 0 Å². The first kappa shape index (κ1) is 19.3. The molecule has 0 heterocycles. The molecule has 1 N–H and O–H groups in total. The zero-order valence-corrected chi connectivity index (χ0v) is 16.0. The number of hydrogen-bond donors (Lipinski definition) is 1. The summed E-state index contributed by atoms with van der Waals surface area (Å²) in [6, 6.07) is 12.6. The Morgan fingerprint density at radius 2 is 2.04 bits per heavy atom. The van der Waals surface area contributed by atoms with Crippen molar-refractivity contribution in [3.8, 4) is 11.5 Å². The molecular weight excluding hydrogens is 408 g/mol. The predicted octanol–water partition coefficient (Wildman–Crippen LogP) is 4.42. The fourth-order valence-corrected chi connectivity index (χ4v) is 2.44. The van der Waals surface area contributed by atoms with E-state index in [9.17, 15) is 4.79 Å². The first-order valence-corrected chi connectivity index (χ1v) is 8.89. The minimum atomic E-state index is -0.387. The highest BCUT2D eigenvalue weighted by Crippen LogP contribution is 2.23. The van der Waals surface area contributed by atoms with E-state index in [0.29, 0.717) is 23.1 Å². The van der Waals surface area contributed by atoms with Crippen LogP contribution in [0.2, 0.25) is 5.02 Å². The predicted molar refractivity (Wildman–Crippen MR) is 103 cm³/mol. The number of rotatable bonds is 8. The number of para-hydroxylation sites is 1. The maximum atomic E-state index is 11.8. The van der Waals surface area contributed by atoms with E-state index in [1.807, 2.05) is 25.1 Å². The van der Waals surface area contributed by atoms with Gasteiger partial charge in [-0.15, -0.1) is 0 Å². The van der Waals surface area contributed by atoms with Gasteiger partial charge in [-0.2, -0.15) is 5.10 Å². The van der Waals surface area contributed by atoms with Crippen LogP contribution in [0.4, 0.5) is 0 Å². The summed E-state index contributed by atoms with van der Waals surface area (Å²) >= 11 is 9.37. The fourth-order valence-electron chi connectivity index (χ4n) is 1.87. The highest BCUT2D eigenvalue weighted by Gasteiger charge is 2.05. The minimum absolute atomic E-state index is 0.182. The largest absolute Gasteiger partial charge is 0.493 e. The molecular formula is C18H18BrClN2O3. The molecule has 7 heteroatoms. The molecule has 0 saturated heterocycles. The van der Waals surface area contributed by atoms with Crippen LogP contribution in [0.25, 0.3) is 0 Å². The summed E-state index contributed by atoms with van der Waals surface area (Å²) in [5, 5.41) is 4.40. The number of hydrazone groups is 1. The van der Waals surface area contributed by atoms with E-state index in [4.69, 9.17) is 21.1 Å². The van der Waals surface area contributed by atoms with Gasteiger partial charge in [0.2, 0.25) is 0 Å². The van der Waals surface area contributed by atoms with Gasteiger partial charge in [0, 0.05) is 10.0 Å². The zero-order valence-electron chi connectivity index (χ0n) is 13.7. The molecule has 2 aromatic carbocycles. The molecule has 0 atom stereocenters. The van der Waals surface area contributed by atoms with Gasteiger partial charge in [-0.05, 0) is 36.8 Å². The number of ether oxygens (including phenoxy) is 2. The van der Waals surface area contributed by atoms with Crippen LogP contribution >= 0.6 is 27.5 Å². The average Bonchev–Trinajstić information content (AvgIpc) is 2.60. The van der Waals surface area contributed by atoms with Crippen LogP contribution < -0.4 is 14.9 Å². The number of amides is 1. The Morgan fingerprint density at radius 3 is 2.80 bits per heavy atom. The molecule has 0 aliphatic carbocycles. The second-order valence-corrected chi connectivity index (χ2v) is 6.37. The lowest BCUT2D eigenvalue weighted by molar-refractivity contribution is -0.123. The number of nitrogens with one attached hydrogen (secondary N) is 1. The maximum absolute atomic E-state index is 11.8. The second kappa shape index (κ2) is 10.1. The standard InChI is InChI=1S/C18H18BrClN2O3/c1-2-9-24-16-8-7-14(19)10-13(16)11-21-22-18(23)12-25-17-6-4-3-5-15(17)20/h3-8,10-11H,2,9,12H2,1H3,(H,22,23)/b21-11-. The summed E-state index contributed by atoms with van der Waals surface area (Å²) < 4.78 is 11.9. The number of hydrogen-bond acceptors (Lipinski definition) is 4. The summed E-state index contributed by atoms with van der Waals surface area (Å²) in [5.74, 6) is 0.767. The third-order valence-electron chi connectivity index (χ3n) is 3.02. The highest BCUT2D eigenvalue weighted by atomic mass is 79.9. The van der Waals surface area contributed by atoms with Crippen molar-refractivity contribution in [3.63, 3.8) is 0 Å². The van der Waals surface area contributed by atoms with Gasteiger partial charge in [0.25, 0.3) is 5.91 Å².